The van der Waals surface area contributed by atoms with Crippen molar-refractivity contribution in [3.8, 4) is 0 Å². The van der Waals surface area contributed by atoms with Gasteiger partial charge in [-0.3, -0.25) is 4.79 Å². The van der Waals surface area contributed by atoms with Crippen molar-refractivity contribution in [2.45, 2.75) is 60.2 Å². The second kappa shape index (κ2) is 6.55. The lowest BCUT2D eigenvalue weighted by Gasteiger charge is -2.42. The molecule has 0 amide bonds. The molecule has 106 valence electrons. The standard InChI is InChI=1S/C15H28O3/c1-9(2)7-15(16)17-8-14-12(5)10(3)11(4)13(6)18-14/h9-14H,7-8H2,1-6H3. The molecule has 0 N–H and O–H groups in total. The smallest absolute Gasteiger partial charge is 0.306 e. The third-order valence-corrected chi connectivity index (χ3v) is 4.36. The van der Waals surface area contributed by atoms with Gasteiger partial charge in [-0.25, -0.2) is 0 Å². The van der Waals surface area contributed by atoms with Crippen molar-refractivity contribution >= 4 is 5.97 Å². The van der Waals surface area contributed by atoms with Crippen molar-refractivity contribution in [2.24, 2.45) is 23.7 Å². The zero-order valence-corrected chi connectivity index (χ0v) is 12.6. The first-order chi connectivity index (χ1) is 8.32. The van der Waals surface area contributed by atoms with Crippen molar-refractivity contribution in [3.63, 3.8) is 0 Å². The van der Waals surface area contributed by atoms with Crippen LogP contribution in [0.3, 0.4) is 0 Å². The third-order valence-electron chi connectivity index (χ3n) is 4.36. The van der Waals surface area contributed by atoms with Crippen LogP contribution in [-0.4, -0.2) is 24.8 Å². The summed E-state index contributed by atoms with van der Waals surface area (Å²) in [5.41, 5.74) is 0. The van der Waals surface area contributed by atoms with E-state index in [4.69, 9.17) is 9.47 Å². The van der Waals surface area contributed by atoms with Crippen molar-refractivity contribution in [3.05, 3.63) is 0 Å². The Bertz CT molecular complexity index is 275. The molecule has 3 nitrogen and oxygen atoms in total. The van der Waals surface area contributed by atoms with Gasteiger partial charge in [-0.15, -0.1) is 0 Å². The average Bonchev–Trinajstić information content (AvgIpc) is 2.28. The third kappa shape index (κ3) is 3.98. The van der Waals surface area contributed by atoms with Crippen LogP contribution in [0.5, 0.6) is 0 Å². The van der Waals surface area contributed by atoms with Crippen LogP contribution in [0.15, 0.2) is 0 Å². The van der Waals surface area contributed by atoms with E-state index in [1.165, 1.54) is 0 Å². The maximum absolute atomic E-state index is 11.6. The summed E-state index contributed by atoms with van der Waals surface area (Å²) >= 11 is 0. The van der Waals surface area contributed by atoms with Crippen LogP contribution in [0, 0.1) is 23.7 Å². The second-order valence-electron chi connectivity index (χ2n) is 6.24. The van der Waals surface area contributed by atoms with E-state index in [9.17, 15) is 4.79 Å². The molecule has 0 aliphatic carbocycles. The maximum atomic E-state index is 11.6. The Morgan fingerprint density at radius 3 is 2.28 bits per heavy atom. The number of carbonyl (C=O) groups is 1. The minimum absolute atomic E-state index is 0.0438. The number of hydrogen-bond acceptors (Lipinski definition) is 3. The van der Waals surface area contributed by atoms with E-state index < -0.39 is 0 Å². The first-order valence-electron chi connectivity index (χ1n) is 7.14. The topological polar surface area (TPSA) is 35.5 Å². The summed E-state index contributed by atoms with van der Waals surface area (Å²) in [6.45, 7) is 13.2. The second-order valence-corrected chi connectivity index (χ2v) is 6.24. The molecular formula is C15H28O3. The summed E-state index contributed by atoms with van der Waals surface area (Å²) in [6.07, 6.45) is 0.773. The highest BCUT2D eigenvalue weighted by Gasteiger charge is 2.37. The lowest BCUT2D eigenvalue weighted by atomic mass is 9.77. The summed E-state index contributed by atoms with van der Waals surface area (Å²) in [6, 6.07) is 0. The molecule has 0 bridgehead atoms. The molecule has 1 aliphatic heterocycles. The number of esters is 1. The van der Waals surface area contributed by atoms with Crippen LogP contribution in [0.4, 0.5) is 0 Å². The molecule has 0 aromatic rings. The van der Waals surface area contributed by atoms with E-state index in [1.54, 1.807) is 0 Å². The molecule has 0 aromatic heterocycles. The van der Waals surface area contributed by atoms with Crippen molar-refractivity contribution in [1.29, 1.82) is 0 Å². The number of ether oxygens (including phenoxy) is 2. The van der Waals surface area contributed by atoms with Crippen LogP contribution in [-0.2, 0) is 14.3 Å². The van der Waals surface area contributed by atoms with Gasteiger partial charge in [0, 0.05) is 6.42 Å². The van der Waals surface area contributed by atoms with E-state index in [0.29, 0.717) is 36.7 Å². The predicted octanol–water partition coefficient (Wildman–Crippen LogP) is 3.27. The van der Waals surface area contributed by atoms with Gasteiger partial charge in [0.2, 0.25) is 0 Å². The van der Waals surface area contributed by atoms with Gasteiger partial charge in [0.05, 0.1) is 12.2 Å². The normalized spacial score (nSPS) is 36.7. The largest absolute Gasteiger partial charge is 0.463 e. The zero-order chi connectivity index (χ0) is 13.9. The van der Waals surface area contributed by atoms with Crippen molar-refractivity contribution in [2.75, 3.05) is 6.61 Å². The molecule has 1 saturated heterocycles. The Balaban J connectivity index is 2.44. The Morgan fingerprint density at radius 1 is 1.11 bits per heavy atom. The predicted molar refractivity (Wildman–Crippen MR) is 72.2 cm³/mol. The van der Waals surface area contributed by atoms with Gasteiger partial charge in [0.25, 0.3) is 0 Å². The molecular weight excluding hydrogens is 228 g/mol. The highest BCUT2D eigenvalue weighted by molar-refractivity contribution is 5.69. The summed E-state index contributed by atoms with van der Waals surface area (Å²) in [5.74, 6) is 1.83. The molecule has 0 saturated carbocycles. The molecule has 0 spiro atoms. The minimum Gasteiger partial charge on any atom is -0.463 e. The number of rotatable bonds is 4. The molecule has 0 radical (unpaired) electrons. The van der Waals surface area contributed by atoms with Crippen LogP contribution in [0.2, 0.25) is 0 Å². The molecule has 18 heavy (non-hydrogen) atoms. The van der Waals surface area contributed by atoms with Gasteiger partial charge in [-0.1, -0.05) is 34.6 Å². The van der Waals surface area contributed by atoms with E-state index in [-0.39, 0.29) is 18.2 Å². The van der Waals surface area contributed by atoms with E-state index in [1.807, 2.05) is 13.8 Å². The lowest BCUT2D eigenvalue weighted by Crippen LogP contribution is -2.45. The molecule has 5 atom stereocenters. The van der Waals surface area contributed by atoms with Crippen LogP contribution in [0.25, 0.3) is 0 Å². The highest BCUT2D eigenvalue weighted by atomic mass is 16.6. The number of hydrogen-bond donors (Lipinski definition) is 0. The fourth-order valence-electron chi connectivity index (χ4n) is 2.53. The van der Waals surface area contributed by atoms with E-state index >= 15 is 0 Å². The quantitative estimate of drug-likeness (QED) is 0.724. The Morgan fingerprint density at radius 2 is 1.72 bits per heavy atom. The summed E-state index contributed by atoms with van der Waals surface area (Å²) in [4.78, 5) is 11.6. The Hall–Kier alpha value is -0.570. The zero-order valence-electron chi connectivity index (χ0n) is 12.6. The average molecular weight is 256 g/mol. The first kappa shape index (κ1) is 15.5. The first-order valence-corrected chi connectivity index (χ1v) is 7.14. The van der Waals surface area contributed by atoms with Crippen LogP contribution < -0.4 is 0 Å². The molecule has 0 aromatic carbocycles. The Kier molecular flexibility index (Phi) is 5.64. The fraction of sp³-hybridized carbons (Fsp3) is 0.933. The SMILES string of the molecule is CC(C)CC(=O)OCC1OC(C)C(C)C(C)C1C. The highest BCUT2D eigenvalue weighted by Crippen LogP contribution is 2.34. The van der Waals surface area contributed by atoms with Gasteiger partial charge in [0.15, 0.2) is 0 Å². The van der Waals surface area contributed by atoms with Gasteiger partial charge >= 0.3 is 5.97 Å². The van der Waals surface area contributed by atoms with Gasteiger partial charge in [-0.05, 0) is 30.6 Å². The molecule has 1 fully saturated rings. The molecule has 3 heteroatoms. The lowest BCUT2D eigenvalue weighted by molar-refractivity contribution is -0.167. The van der Waals surface area contributed by atoms with E-state index in [0.717, 1.165) is 0 Å². The fourth-order valence-corrected chi connectivity index (χ4v) is 2.53. The Labute approximate surface area is 111 Å². The van der Waals surface area contributed by atoms with Crippen molar-refractivity contribution < 1.29 is 14.3 Å². The molecule has 5 unspecified atom stereocenters. The molecule has 1 heterocycles. The summed E-state index contributed by atoms with van der Waals surface area (Å²) < 4.78 is 11.3. The van der Waals surface area contributed by atoms with Gasteiger partial charge in [0.1, 0.15) is 6.61 Å². The summed E-state index contributed by atoms with van der Waals surface area (Å²) in [7, 11) is 0. The van der Waals surface area contributed by atoms with Crippen LogP contribution >= 0.6 is 0 Å². The van der Waals surface area contributed by atoms with Crippen molar-refractivity contribution in [1.82, 2.24) is 0 Å². The maximum Gasteiger partial charge on any atom is 0.306 e. The minimum atomic E-state index is -0.111. The van der Waals surface area contributed by atoms with Gasteiger partial charge < -0.3 is 9.47 Å². The van der Waals surface area contributed by atoms with Gasteiger partial charge in [-0.2, -0.15) is 0 Å². The molecule has 1 rings (SSSR count). The monoisotopic (exact) mass is 256 g/mol. The molecule has 1 aliphatic rings. The number of carbonyl (C=O) groups excluding carboxylic acids is 1. The summed E-state index contributed by atoms with van der Waals surface area (Å²) in [5, 5.41) is 0. The van der Waals surface area contributed by atoms with E-state index in [2.05, 4.69) is 27.7 Å². The van der Waals surface area contributed by atoms with Crippen LogP contribution in [0.1, 0.15) is 48.0 Å².